The second kappa shape index (κ2) is 5.32. The maximum absolute atomic E-state index is 11.3. The molecule has 0 fully saturated rings. The summed E-state index contributed by atoms with van der Waals surface area (Å²) in [6.07, 6.45) is 1.19. The summed E-state index contributed by atoms with van der Waals surface area (Å²) in [6.45, 7) is 3.40. The summed E-state index contributed by atoms with van der Waals surface area (Å²) in [5, 5.41) is 8.88. The maximum atomic E-state index is 11.3. The van der Waals surface area contributed by atoms with Gasteiger partial charge in [-0.15, -0.1) is 0 Å². The number of hydrogen-bond donors (Lipinski definition) is 1. The van der Waals surface area contributed by atoms with Crippen molar-refractivity contribution in [1.82, 2.24) is 0 Å². The Labute approximate surface area is 96.4 Å². The molecule has 0 unspecified atom stereocenters. The number of aliphatic hydroxyl groups excluding tert-OH is 1. The predicted octanol–water partition coefficient (Wildman–Crippen LogP) is 0.909. The molecule has 0 aliphatic carbocycles. The highest BCUT2D eigenvalue weighted by Crippen LogP contribution is 2.17. The van der Waals surface area contributed by atoms with E-state index in [-0.39, 0.29) is 6.61 Å². The monoisotopic (exact) mass is 243 g/mol. The highest BCUT2D eigenvalue weighted by molar-refractivity contribution is 7.90. The molecule has 1 aromatic carbocycles. The number of nitrogens with zero attached hydrogens (tertiary/aromatic N) is 1. The average molecular weight is 243 g/mol. The lowest BCUT2D eigenvalue weighted by atomic mass is 10.3. The van der Waals surface area contributed by atoms with E-state index in [0.717, 1.165) is 12.2 Å². The molecule has 0 aromatic heterocycles. The van der Waals surface area contributed by atoms with Crippen LogP contribution in [0.25, 0.3) is 0 Å². The van der Waals surface area contributed by atoms with Crippen molar-refractivity contribution in [3.8, 4) is 0 Å². The Morgan fingerprint density at radius 2 is 1.81 bits per heavy atom. The molecule has 0 bridgehead atoms. The summed E-state index contributed by atoms with van der Waals surface area (Å²) in [6, 6.07) is 6.69. The molecular formula is C11H17NO3S. The standard InChI is InChI=1S/C11H17NO3S/c1-3-12(8-9-13)10-4-6-11(7-5-10)16(2,14)15/h4-7,13H,3,8-9H2,1-2H3. The molecule has 0 aliphatic heterocycles. The molecule has 0 aliphatic rings. The largest absolute Gasteiger partial charge is 0.395 e. The van der Waals surface area contributed by atoms with Gasteiger partial charge in [-0.2, -0.15) is 0 Å². The zero-order chi connectivity index (χ0) is 12.2. The lowest BCUT2D eigenvalue weighted by molar-refractivity contribution is 0.302. The van der Waals surface area contributed by atoms with Gasteiger partial charge >= 0.3 is 0 Å². The van der Waals surface area contributed by atoms with E-state index in [4.69, 9.17) is 5.11 Å². The molecule has 0 radical (unpaired) electrons. The summed E-state index contributed by atoms with van der Waals surface area (Å²) in [4.78, 5) is 2.29. The third kappa shape index (κ3) is 3.21. The minimum absolute atomic E-state index is 0.0850. The van der Waals surface area contributed by atoms with Crippen molar-refractivity contribution in [1.29, 1.82) is 0 Å². The van der Waals surface area contributed by atoms with Crippen molar-refractivity contribution in [2.75, 3.05) is 30.9 Å². The topological polar surface area (TPSA) is 57.6 Å². The van der Waals surface area contributed by atoms with E-state index in [1.54, 1.807) is 24.3 Å². The van der Waals surface area contributed by atoms with E-state index < -0.39 is 9.84 Å². The molecule has 90 valence electrons. The van der Waals surface area contributed by atoms with E-state index in [9.17, 15) is 8.42 Å². The summed E-state index contributed by atoms with van der Waals surface area (Å²) >= 11 is 0. The second-order valence-electron chi connectivity index (χ2n) is 3.57. The van der Waals surface area contributed by atoms with Gasteiger partial charge in [0.05, 0.1) is 11.5 Å². The van der Waals surface area contributed by atoms with E-state index in [1.807, 2.05) is 11.8 Å². The molecule has 4 nitrogen and oxygen atoms in total. The SMILES string of the molecule is CCN(CCO)c1ccc(S(C)(=O)=O)cc1. The maximum Gasteiger partial charge on any atom is 0.175 e. The average Bonchev–Trinajstić information content (AvgIpc) is 2.25. The van der Waals surface area contributed by atoms with Crippen LogP contribution in [0.5, 0.6) is 0 Å². The molecular weight excluding hydrogens is 226 g/mol. The first-order chi connectivity index (χ1) is 7.49. The number of rotatable bonds is 5. The van der Waals surface area contributed by atoms with Gasteiger partial charge in [-0.05, 0) is 31.2 Å². The van der Waals surface area contributed by atoms with Crippen LogP contribution in [0.15, 0.2) is 29.2 Å². The van der Waals surface area contributed by atoms with Gasteiger partial charge in [-0.25, -0.2) is 8.42 Å². The summed E-state index contributed by atoms with van der Waals surface area (Å²) < 4.78 is 22.5. The normalized spacial score (nSPS) is 11.4. The summed E-state index contributed by atoms with van der Waals surface area (Å²) in [5.74, 6) is 0. The van der Waals surface area contributed by atoms with Crippen LogP contribution < -0.4 is 4.90 Å². The molecule has 1 aromatic rings. The Balaban J connectivity index is 2.93. The van der Waals surface area contributed by atoms with Gasteiger partial charge in [-0.3, -0.25) is 0 Å². The van der Waals surface area contributed by atoms with E-state index in [2.05, 4.69) is 0 Å². The van der Waals surface area contributed by atoms with Gasteiger partial charge in [0.2, 0.25) is 0 Å². The minimum atomic E-state index is -3.13. The molecule has 5 heteroatoms. The Morgan fingerprint density at radius 1 is 1.25 bits per heavy atom. The molecule has 0 saturated carbocycles. The highest BCUT2D eigenvalue weighted by atomic mass is 32.2. The van der Waals surface area contributed by atoms with Crippen LogP contribution in [0.1, 0.15) is 6.92 Å². The fraction of sp³-hybridized carbons (Fsp3) is 0.455. The molecule has 1 N–H and O–H groups in total. The van der Waals surface area contributed by atoms with Gasteiger partial charge in [-0.1, -0.05) is 0 Å². The van der Waals surface area contributed by atoms with Crippen LogP contribution in [0.2, 0.25) is 0 Å². The van der Waals surface area contributed by atoms with E-state index in [1.165, 1.54) is 6.26 Å². The Bertz CT molecular complexity index is 425. The lowest BCUT2D eigenvalue weighted by Crippen LogP contribution is -2.26. The smallest absolute Gasteiger partial charge is 0.175 e. The van der Waals surface area contributed by atoms with Crippen molar-refractivity contribution in [3.63, 3.8) is 0 Å². The second-order valence-corrected chi connectivity index (χ2v) is 5.59. The third-order valence-corrected chi connectivity index (χ3v) is 3.51. The van der Waals surface area contributed by atoms with Crippen molar-refractivity contribution >= 4 is 15.5 Å². The van der Waals surface area contributed by atoms with Crippen LogP contribution in [0, 0.1) is 0 Å². The Morgan fingerprint density at radius 3 is 2.19 bits per heavy atom. The number of hydrogen-bond acceptors (Lipinski definition) is 4. The van der Waals surface area contributed by atoms with Crippen molar-refractivity contribution < 1.29 is 13.5 Å². The van der Waals surface area contributed by atoms with Crippen LogP contribution in [0.4, 0.5) is 5.69 Å². The zero-order valence-corrected chi connectivity index (χ0v) is 10.4. The van der Waals surface area contributed by atoms with Crippen molar-refractivity contribution in [2.24, 2.45) is 0 Å². The Hall–Kier alpha value is -1.07. The fourth-order valence-corrected chi connectivity index (χ4v) is 2.13. The van der Waals surface area contributed by atoms with Crippen LogP contribution in [-0.2, 0) is 9.84 Å². The predicted molar refractivity (Wildman–Crippen MR) is 64.5 cm³/mol. The van der Waals surface area contributed by atoms with Crippen LogP contribution in [0.3, 0.4) is 0 Å². The van der Waals surface area contributed by atoms with E-state index in [0.29, 0.717) is 11.4 Å². The first kappa shape index (κ1) is 13.0. The van der Waals surface area contributed by atoms with Gasteiger partial charge < -0.3 is 10.0 Å². The number of benzene rings is 1. The molecule has 16 heavy (non-hydrogen) atoms. The quantitative estimate of drug-likeness (QED) is 0.835. The summed E-state index contributed by atoms with van der Waals surface area (Å²) in [7, 11) is -3.13. The number of anilines is 1. The van der Waals surface area contributed by atoms with Crippen LogP contribution >= 0.6 is 0 Å². The minimum Gasteiger partial charge on any atom is -0.395 e. The number of sulfone groups is 1. The molecule has 0 amide bonds. The fourth-order valence-electron chi connectivity index (χ4n) is 1.49. The molecule has 0 heterocycles. The molecule has 0 saturated heterocycles. The zero-order valence-electron chi connectivity index (χ0n) is 9.55. The molecule has 0 spiro atoms. The highest BCUT2D eigenvalue weighted by Gasteiger charge is 2.08. The summed E-state index contributed by atoms with van der Waals surface area (Å²) in [5.41, 5.74) is 0.920. The first-order valence-corrected chi connectivity index (χ1v) is 7.04. The Kier molecular flexibility index (Phi) is 4.32. The van der Waals surface area contributed by atoms with Crippen molar-refractivity contribution in [3.05, 3.63) is 24.3 Å². The van der Waals surface area contributed by atoms with E-state index >= 15 is 0 Å². The van der Waals surface area contributed by atoms with Crippen molar-refractivity contribution in [2.45, 2.75) is 11.8 Å². The molecule has 1 rings (SSSR count). The van der Waals surface area contributed by atoms with Gasteiger partial charge in [0.1, 0.15) is 0 Å². The van der Waals surface area contributed by atoms with Gasteiger partial charge in [0.15, 0.2) is 9.84 Å². The van der Waals surface area contributed by atoms with Crippen LogP contribution in [-0.4, -0.2) is 39.5 Å². The number of aliphatic hydroxyl groups is 1. The first-order valence-electron chi connectivity index (χ1n) is 5.15. The number of likely N-dealkylation sites (N-methyl/N-ethyl adjacent to an activating group) is 1. The molecule has 0 atom stereocenters. The lowest BCUT2D eigenvalue weighted by Gasteiger charge is -2.21. The third-order valence-electron chi connectivity index (χ3n) is 2.38. The van der Waals surface area contributed by atoms with Gasteiger partial charge in [0, 0.05) is 25.0 Å². The van der Waals surface area contributed by atoms with Gasteiger partial charge in [0.25, 0.3) is 0 Å².